The molecule has 0 N–H and O–H groups in total. The summed E-state index contributed by atoms with van der Waals surface area (Å²) in [6, 6.07) is 9.96. The molecule has 33 heavy (non-hydrogen) atoms. The van der Waals surface area contributed by atoms with Crippen molar-refractivity contribution in [3.05, 3.63) is 57.6 Å². The highest BCUT2D eigenvalue weighted by molar-refractivity contribution is 8.01. The summed E-state index contributed by atoms with van der Waals surface area (Å²) in [6.07, 6.45) is 1.22. The second kappa shape index (κ2) is 8.83. The number of hydrogen-bond acceptors (Lipinski definition) is 10. The summed E-state index contributed by atoms with van der Waals surface area (Å²) in [5.41, 5.74) is 0.550. The maximum absolute atomic E-state index is 12.2. The fourth-order valence-corrected chi connectivity index (χ4v) is 5.21. The van der Waals surface area contributed by atoms with Crippen molar-refractivity contribution in [2.75, 3.05) is 6.61 Å². The van der Waals surface area contributed by atoms with Crippen LogP contribution in [0.15, 0.2) is 51.2 Å². The Morgan fingerprint density at radius 1 is 1.18 bits per heavy atom. The molecular formula is C22H18N2O7S2. The first kappa shape index (κ1) is 22.7. The average Bonchev–Trinajstić information content (AvgIpc) is 3.12. The van der Waals surface area contributed by atoms with Crippen LogP contribution in [0.3, 0.4) is 0 Å². The first-order valence-corrected chi connectivity index (χ1v) is 11.5. The third-order valence-electron chi connectivity index (χ3n) is 4.46. The van der Waals surface area contributed by atoms with Crippen LogP contribution in [0.25, 0.3) is 16.3 Å². The van der Waals surface area contributed by atoms with E-state index in [9.17, 15) is 19.7 Å². The van der Waals surface area contributed by atoms with Crippen LogP contribution in [0.2, 0.25) is 0 Å². The zero-order valence-electron chi connectivity index (χ0n) is 17.8. The lowest BCUT2D eigenvalue weighted by Crippen LogP contribution is -2.41. The molecule has 0 amide bonds. The first-order valence-electron chi connectivity index (χ1n) is 9.83. The topological polar surface area (TPSA) is 118 Å². The molecule has 9 nitrogen and oxygen atoms in total. The molecule has 4 rings (SSSR count). The number of thiazole rings is 1. The van der Waals surface area contributed by atoms with Crippen LogP contribution in [0.5, 0.6) is 5.75 Å². The van der Waals surface area contributed by atoms with Crippen LogP contribution < -0.4 is 4.74 Å². The minimum Gasteiger partial charge on any atom is -0.494 e. The number of carbonyl (C=O) groups excluding carboxylic acids is 2. The van der Waals surface area contributed by atoms with Crippen molar-refractivity contribution < 1.29 is 28.7 Å². The van der Waals surface area contributed by atoms with Gasteiger partial charge in [-0.1, -0.05) is 17.8 Å². The lowest BCUT2D eigenvalue weighted by atomic mass is 10.1. The number of ether oxygens (including phenoxy) is 3. The number of nitro benzene ring substituents is 1. The van der Waals surface area contributed by atoms with E-state index in [4.69, 9.17) is 14.2 Å². The second-order valence-corrected chi connectivity index (χ2v) is 9.69. The lowest BCUT2D eigenvalue weighted by molar-refractivity contribution is -0.387. The first-order chi connectivity index (χ1) is 15.6. The van der Waals surface area contributed by atoms with E-state index < -0.39 is 22.6 Å². The summed E-state index contributed by atoms with van der Waals surface area (Å²) in [6.45, 7) is 5.33. The zero-order chi connectivity index (χ0) is 23.8. The maximum Gasteiger partial charge on any atom is 0.348 e. The van der Waals surface area contributed by atoms with Crippen LogP contribution in [-0.4, -0.2) is 34.2 Å². The summed E-state index contributed by atoms with van der Waals surface area (Å²) in [5.74, 6) is -2.33. The number of carbonyl (C=O) groups is 2. The molecular weight excluding hydrogens is 468 g/mol. The van der Waals surface area contributed by atoms with Gasteiger partial charge < -0.3 is 14.2 Å². The quantitative estimate of drug-likeness (QED) is 0.156. The molecule has 0 spiro atoms. The highest BCUT2D eigenvalue weighted by Gasteiger charge is 2.38. The molecule has 1 saturated heterocycles. The Hall–Kier alpha value is -3.44. The average molecular weight is 487 g/mol. The molecule has 0 unspecified atom stereocenters. The van der Waals surface area contributed by atoms with Crippen molar-refractivity contribution in [2.24, 2.45) is 0 Å². The van der Waals surface area contributed by atoms with E-state index in [0.29, 0.717) is 21.4 Å². The number of aromatic nitrogens is 1. The summed E-state index contributed by atoms with van der Waals surface area (Å²) in [5, 5.41) is 11.7. The van der Waals surface area contributed by atoms with Gasteiger partial charge in [-0.05, 0) is 42.8 Å². The molecule has 170 valence electrons. The van der Waals surface area contributed by atoms with Crippen LogP contribution >= 0.6 is 23.1 Å². The van der Waals surface area contributed by atoms with Crippen molar-refractivity contribution in [3.63, 3.8) is 0 Å². The van der Waals surface area contributed by atoms with Crippen LogP contribution in [-0.2, 0) is 19.1 Å². The Morgan fingerprint density at radius 3 is 2.58 bits per heavy atom. The monoisotopic (exact) mass is 486 g/mol. The number of hydrogen-bond donors (Lipinski definition) is 0. The van der Waals surface area contributed by atoms with Crippen molar-refractivity contribution in [1.29, 1.82) is 0 Å². The van der Waals surface area contributed by atoms with Gasteiger partial charge in [0, 0.05) is 19.9 Å². The van der Waals surface area contributed by atoms with E-state index in [-0.39, 0.29) is 11.3 Å². The molecule has 1 aromatic heterocycles. The number of esters is 2. The molecule has 2 heterocycles. The molecule has 11 heteroatoms. The Labute approximate surface area is 196 Å². The SMILES string of the molecule is CCOc1ccc2nc(Sc3ccc(C=C4C(=O)OC(C)(C)OC4=O)cc3[N+](=O)[O-])sc2c1. The Kier molecular flexibility index (Phi) is 6.09. The molecule has 1 fully saturated rings. The lowest BCUT2D eigenvalue weighted by Gasteiger charge is -2.29. The van der Waals surface area contributed by atoms with Crippen LogP contribution in [0.1, 0.15) is 26.3 Å². The molecule has 3 aromatic rings. The van der Waals surface area contributed by atoms with Gasteiger partial charge in [-0.15, -0.1) is 11.3 Å². The van der Waals surface area contributed by atoms with Gasteiger partial charge in [0.2, 0.25) is 0 Å². The van der Waals surface area contributed by atoms with E-state index in [1.54, 1.807) is 12.1 Å². The molecule has 0 saturated carbocycles. The van der Waals surface area contributed by atoms with E-state index in [2.05, 4.69) is 4.98 Å². The highest BCUT2D eigenvalue weighted by atomic mass is 32.2. The van der Waals surface area contributed by atoms with Crippen molar-refractivity contribution in [2.45, 2.75) is 35.8 Å². The predicted octanol–water partition coefficient (Wildman–Crippen LogP) is 4.97. The van der Waals surface area contributed by atoms with Gasteiger partial charge in [0.05, 0.1) is 26.6 Å². The van der Waals surface area contributed by atoms with Crippen molar-refractivity contribution >= 4 is 57.0 Å². The molecule has 0 bridgehead atoms. The largest absolute Gasteiger partial charge is 0.494 e. The minimum atomic E-state index is -1.36. The Balaban J connectivity index is 1.63. The Bertz CT molecular complexity index is 1290. The number of cyclic esters (lactones) is 2. The standard InChI is InChI=1S/C22H18N2O7S2/c1-4-29-13-6-7-15-18(11-13)33-21(23-15)32-17-8-5-12(10-16(17)24(27)28)9-14-19(25)30-22(2,3)31-20(14)26/h5-11H,4H2,1-3H3. The Morgan fingerprint density at radius 2 is 1.91 bits per heavy atom. The fourth-order valence-electron chi connectivity index (χ4n) is 3.08. The molecule has 2 aromatic carbocycles. The summed E-state index contributed by atoms with van der Waals surface area (Å²) in [4.78, 5) is 40.4. The third kappa shape index (κ3) is 4.99. The number of nitrogens with zero attached hydrogens (tertiary/aromatic N) is 2. The molecule has 1 aliphatic heterocycles. The van der Waals surface area contributed by atoms with Gasteiger partial charge in [-0.25, -0.2) is 14.6 Å². The number of rotatable bonds is 6. The van der Waals surface area contributed by atoms with Crippen LogP contribution in [0, 0.1) is 10.1 Å². The fraction of sp³-hybridized carbons (Fsp3) is 0.227. The second-order valence-electron chi connectivity index (χ2n) is 7.37. The van der Waals surface area contributed by atoms with E-state index >= 15 is 0 Å². The van der Waals surface area contributed by atoms with Gasteiger partial charge in [-0.3, -0.25) is 10.1 Å². The van der Waals surface area contributed by atoms with Gasteiger partial charge >= 0.3 is 11.9 Å². The summed E-state index contributed by atoms with van der Waals surface area (Å²) >= 11 is 2.56. The molecule has 0 radical (unpaired) electrons. The van der Waals surface area contributed by atoms with Crippen molar-refractivity contribution in [3.8, 4) is 5.75 Å². The predicted molar refractivity (Wildman–Crippen MR) is 122 cm³/mol. The van der Waals surface area contributed by atoms with Crippen LogP contribution in [0.4, 0.5) is 5.69 Å². The number of nitro groups is 1. The molecule has 0 aliphatic carbocycles. The normalized spacial score (nSPS) is 15.2. The number of fused-ring (bicyclic) bond motifs is 1. The van der Waals surface area contributed by atoms with Gasteiger partial charge in [0.15, 0.2) is 4.34 Å². The number of benzene rings is 2. The van der Waals surface area contributed by atoms with Crippen molar-refractivity contribution in [1.82, 2.24) is 4.98 Å². The van der Waals surface area contributed by atoms with E-state index in [1.165, 1.54) is 37.3 Å². The van der Waals surface area contributed by atoms with E-state index in [1.807, 2.05) is 25.1 Å². The minimum absolute atomic E-state index is 0.179. The van der Waals surface area contributed by atoms with Gasteiger partial charge in [-0.2, -0.15) is 0 Å². The maximum atomic E-state index is 12.2. The molecule has 1 aliphatic rings. The van der Waals surface area contributed by atoms with Gasteiger partial charge in [0.25, 0.3) is 11.5 Å². The van der Waals surface area contributed by atoms with E-state index in [0.717, 1.165) is 27.7 Å². The zero-order valence-corrected chi connectivity index (χ0v) is 19.5. The summed E-state index contributed by atoms with van der Waals surface area (Å²) in [7, 11) is 0. The molecule has 0 atom stereocenters. The third-order valence-corrected chi connectivity index (χ3v) is 6.60. The highest BCUT2D eigenvalue weighted by Crippen LogP contribution is 2.40. The smallest absolute Gasteiger partial charge is 0.348 e. The summed E-state index contributed by atoms with van der Waals surface area (Å²) < 4.78 is 17.2. The van der Waals surface area contributed by atoms with Gasteiger partial charge in [0.1, 0.15) is 11.3 Å².